The largest absolute Gasteiger partial charge is 0.493 e. The summed E-state index contributed by atoms with van der Waals surface area (Å²) in [5, 5.41) is 23.0. The second-order valence-electron chi connectivity index (χ2n) is 9.32. The van der Waals surface area contributed by atoms with Crippen molar-refractivity contribution in [3.63, 3.8) is 0 Å². The molecule has 4 N–H and O–H groups in total. The number of nitrogens with one attached hydrogen (secondary N) is 2. The van der Waals surface area contributed by atoms with Crippen LogP contribution in [0.25, 0.3) is 11.0 Å². The Hall–Kier alpha value is -4.06. The van der Waals surface area contributed by atoms with E-state index in [0.29, 0.717) is 35.3 Å². The lowest BCUT2D eigenvalue weighted by Gasteiger charge is -2.38. The topological polar surface area (TPSA) is 126 Å². The van der Waals surface area contributed by atoms with Gasteiger partial charge < -0.3 is 34.7 Å². The number of aliphatic hydroxyl groups excluding tert-OH is 2. The Bertz CT molecular complexity index is 1490. The zero-order valence-corrected chi connectivity index (χ0v) is 21.0. The van der Waals surface area contributed by atoms with Crippen molar-refractivity contribution in [1.29, 1.82) is 0 Å². The third kappa shape index (κ3) is 5.16. The molecule has 1 saturated heterocycles. The van der Waals surface area contributed by atoms with E-state index < -0.39 is 23.0 Å². The molecule has 204 valence electrons. The van der Waals surface area contributed by atoms with Gasteiger partial charge in [0.25, 0.3) is 0 Å². The maximum Gasteiger partial charge on any atom is 0.198 e. The van der Waals surface area contributed by atoms with Crippen LogP contribution in [0, 0.1) is 11.6 Å². The fourth-order valence-corrected chi connectivity index (χ4v) is 4.59. The van der Waals surface area contributed by atoms with Crippen molar-refractivity contribution in [1.82, 2.24) is 9.97 Å². The van der Waals surface area contributed by atoms with Gasteiger partial charge in [0, 0.05) is 18.3 Å². The molecule has 0 saturated carbocycles. The molecule has 4 aromatic rings. The average molecular weight is 540 g/mol. The maximum atomic E-state index is 15.1. The van der Waals surface area contributed by atoms with Crippen molar-refractivity contribution < 1.29 is 38.0 Å². The van der Waals surface area contributed by atoms with E-state index in [2.05, 4.69) is 15.3 Å². The third-order valence-electron chi connectivity index (χ3n) is 6.84. The molecule has 1 fully saturated rings. The van der Waals surface area contributed by atoms with Crippen LogP contribution in [0.15, 0.2) is 54.9 Å². The molecule has 1 aliphatic heterocycles. The van der Waals surface area contributed by atoms with Crippen molar-refractivity contribution in [3.05, 3.63) is 77.6 Å². The minimum absolute atomic E-state index is 0.0397. The summed E-state index contributed by atoms with van der Waals surface area (Å²) in [6.45, 7) is -0.406. The Labute approximate surface area is 222 Å². The van der Waals surface area contributed by atoms with E-state index in [0.717, 1.165) is 6.07 Å². The monoisotopic (exact) mass is 539 g/mol. The number of rotatable bonds is 9. The van der Waals surface area contributed by atoms with Gasteiger partial charge in [0.1, 0.15) is 22.8 Å². The molecule has 2 aromatic heterocycles. The molecule has 1 aliphatic rings. The van der Waals surface area contributed by atoms with Gasteiger partial charge in [-0.05, 0) is 37.1 Å². The van der Waals surface area contributed by atoms with Gasteiger partial charge in [0.2, 0.25) is 0 Å². The quantitative estimate of drug-likeness (QED) is 0.234. The Kier molecular flexibility index (Phi) is 7.47. The van der Waals surface area contributed by atoms with Crippen LogP contribution in [0.3, 0.4) is 0 Å². The van der Waals surface area contributed by atoms with Crippen molar-refractivity contribution in [3.8, 4) is 17.2 Å². The first-order valence-corrected chi connectivity index (χ1v) is 12.3. The van der Waals surface area contributed by atoms with E-state index in [9.17, 15) is 19.4 Å². The first kappa shape index (κ1) is 26.5. The van der Waals surface area contributed by atoms with Gasteiger partial charge in [-0.1, -0.05) is 12.1 Å². The van der Waals surface area contributed by atoms with Crippen LogP contribution in [-0.4, -0.2) is 64.5 Å². The summed E-state index contributed by atoms with van der Waals surface area (Å²) >= 11 is 0. The molecule has 0 radical (unpaired) electrons. The molecule has 11 heteroatoms. The predicted molar refractivity (Wildman–Crippen MR) is 138 cm³/mol. The number of fused-ring (bicyclic) bond motifs is 1. The van der Waals surface area contributed by atoms with Crippen molar-refractivity contribution in [2.45, 2.75) is 24.5 Å². The summed E-state index contributed by atoms with van der Waals surface area (Å²) in [5.74, 6) is -1.69. The van der Waals surface area contributed by atoms with Gasteiger partial charge in [0.05, 0.1) is 55.3 Å². The second-order valence-corrected chi connectivity index (χ2v) is 9.32. The number of carbonyl (C=O) groups is 1. The summed E-state index contributed by atoms with van der Waals surface area (Å²) in [6, 6.07) is 9.22. The fraction of sp³-hybridized carbons (Fsp3) is 0.286. The number of H-pyrrole nitrogens is 1. The standard InChI is InChI=1S/C28H27F2N3O6/c1-37-23-12-32-27-24(25(23)33-16-8-9-28(14-34,15-35)38-13-16)19(11-31-27)26(36)18-7-6-17(10-21(18)30)39-22-5-3-2-4-20(22)29/h2-7,10-12,16,34-35H,8-9,13-15H2,1H3,(H2,31,32,33)/t16-/m1/s1. The summed E-state index contributed by atoms with van der Waals surface area (Å²) < 4.78 is 45.8. The van der Waals surface area contributed by atoms with Gasteiger partial charge >= 0.3 is 0 Å². The molecule has 0 amide bonds. The molecule has 39 heavy (non-hydrogen) atoms. The second kappa shape index (κ2) is 11.0. The number of hydrogen-bond donors (Lipinski definition) is 4. The first-order chi connectivity index (χ1) is 18.9. The average Bonchev–Trinajstić information content (AvgIpc) is 3.39. The summed E-state index contributed by atoms with van der Waals surface area (Å²) in [6.07, 6.45) is 3.94. The highest BCUT2D eigenvalue weighted by Crippen LogP contribution is 2.37. The molecule has 5 rings (SSSR count). The number of aromatic nitrogens is 2. The lowest BCUT2D eigenvalue weighted by molar-refractivity contribution is -0.135. The number of aromatic amines is 1. The number of ether oxygens (including phenoxy) is 3. The number of halogens is 2. The Morgan fingerprint density at radius 2 is 1.95 bits per heavy atom. The number of nitrogens with zero attached hydrogens (tertiary/aromatic N) is 1. The zero-order chi connectivity index (χ0) is 27.6. The number of para-hydroxylation sites is 1. The van der Waals surface area contributed by atoms with Crippen LogP contribution in [0.1, 0.15) is 28.8 Å². The molecule has 1 atom stereocenters. The fourth-order valence-electron chi connectivity index (χ4n) is 4.59. The van der Waals surface area contributed by atoms with Crippen LogP contribution in [0.4, 0.5) is 14.5 Å². The normalized spacial score (nSPS) is 16.7. The molecule has 2 aromatic carbocycles. The maximum absolute atomic E-state index is 15.1. The molecule has 0 unspecified atom stereocenters. The van der Waals surface area contributed by atoms with Gasteiger partial charge in [-0.25, -0.2) is 13.8 Å². The number of methoxy groups -OCH3 is 1. The molecule has 0 aliphatic carbocycles. The summed E-state index contributed by atoms with van der Waals surface area (Å²) in [7, 11) is 1.47. The van der Waals surface area contributed by atoms with E-state index in [1.54, 1.807) is 6.07 Å². The number of benzene rings is 2. The number of aliphatic hydroxyl groups is 2. The van der Waals surface area contributed by atoms with Crippen molar-refractivity contribution in [2.24, 2.45) is 0 Å². The van der Waals surface area contributed by atoms with E-state index in [1.165, 1.54) is 49.8 Å². The van der Waals surface area contributed by atoms with Crippen LogP contribution in [-0.2, 0) is 4.74 Å². The summed E-state index contributed by atoms with van der Waals surface area (Å²) in [4.78, 5) is 20.8. The number of ketones is 1. The Morgan fingerprint density at radius 1 is 1.15 bits per heavy atom. The highest BCUT2D eigenvalue weighted by Gasteiger charge is 2.36. The minimum atomic E-state index is -0.995. The van der Waals surface area contributed by atoms with Crippen LogP contribution in [0.5, 0.6) is 17.2 Å². The van der Waals surface area contributed by atoms with Crippen molar-refractivity contribution in [2.75, 3.05) is 32.2 Å². The van der Waals surface area contributed by atoms with Gasteiger partial charge in [-0.15, -0.1) is 0 Å². The van der Waals surface area contributed by atoms with E-state index >= 15 is 4.39 Å². The molecular weight excluding hydrogens is 512 g/mol. The molecule has 9 nitrogen and oxygen atoms in total. The summed E-state index contributed by atoms with van der Waals surface area (Å²) in [5.41, 5.74) is -0.177. The van der Waals surface area contributed by atoms with Crippen LogP contribution in [0.2, 0.25) is 0 Å². The highest BCUT2D eigenvalue weighted by molar-refractivity contribution is 6.19. The minimum Gasteiger partial charge on any atom is -0.493 e. The lowest BCUT2D eigenvalue weighted by Crippen LogP contribution is -2.48. The number of carbonyl (C=O) groups excluding carboxylic acids is 1. The molecule has 0 bridgehead atoms. The van der Waals surface area contributed by atoms with Gasteiger partial charge in [-0.2, -0.15) is 0 Å². The van der Waals surface area contributed by atoms with Gasteiger partial charge in [0.15, 0.2) is 23.1 Å². The lowest BCUT2D eigenvalue weighted by atomic mass is 9.93. The zero-order valence-electron chi connectivity index (χ0n) is 21.0. The number of anilines is 1. The third-order valence-corrected chi connectivity index (χ3v) is 6.84. The number of pyridine rings is 1. The smallest absolute Gasteiger partial charge is 0.198 e. The highest BCUT2D eigenvalue weighted by atomic mass is 19.1. The molecule has 0 spiro atoms. The first-order valence-electron chi connectivity index (χ1n) is 12.3. The van der Waals surface area contributed by atoms with Crippen molar-refractivity contribution >= 4 is 22.5 Å². The molecule has 3 heterocycles. The Morgan fingerprint density at radius 3 is 2.62 bits per heavy atom. The molecular formula is C28H27F2N3O6. The van der Waals surface area contributed by atoms with E-state index in [4.69, 9.17) is 14.2 Å². The van der Waals surface area contributed by atoms with Crippen LogP contribution >= 0.6 is 0 Å². The SMILES string of the molecule is COc1cnc2[nH]cc(C(=O)c3ccc(Oc4ccccc4F)cc3F)c2c1N[C@@H]1CCC(CO)(CO)OC1. The van der Waals surface area contributed by atoms with Gasteiger partial charge in [-0.3, -0.25) is 4.79 Å². The van der Waals surface area contributed by atoms with E-state index in [1.807, 2.05) is 0 Å². The van der Waals surface area contributed by atoms with E-state index in [-0.39, 0.29) is 48.5 Å². The Balaban J connectivity index is 1.45. The number of hydrogen-bond acceptors (Lipinski definition) is 8. The predicted octanol–water partition coefficient (Wildman–Crippen LogP) is 4.19. The van der Waals surface area contributed by atoms with Crippen LogP contribution < -0.4 is 14.8 Å².